The molecule has 0 saturated heterocycles. The van der Waals surface area contributed by atoms with E-state index in [1.807, 2.05) is 36.4 Å². The van der Waals surface area contributed by atoms with Crippen molar-refractivity contribution in [1.29, 1.82) is 0 Å². The van der Waals surface area contributed by atoms with Crippen molar-refractivity contribution in [3.05, 3.63) is 60.4 Å². The van der Waals surface area contributed by atoms with Crippen LogP contribution >= 0.6 is 0 Å². The maximum Gasteiger partial charge on any atom is 0.115 e. The maximum atomic E-state index is 4.39. The first-order chi connectivity index (χ1) is 10.3. The fraction of sp³-hybridized carbons (Fsp3) is 0.176. The summed E-state index contributed by atoms with van der Waals surface area (Å²) in [6, 6.07) is 13.7. The van der Waals surface area contributed by atoms with Crippen molar-refractivity contribution >= 4 is 0 Å². The van der Waals surface area contributed by atoms with Crippen LogP contribution in [0.5, 0.6) is 0 Å². The van der Waals surface area contributed by atoms with Crippen LogP contribution < -0.4 is 0 Å². The summed E-state index contributed by atoms with van der Waals surface area (Å²) in [6.07, 6.45) is 3.53. The van der Waals surface area contributed by atoms with Gasteiger partial charge in [0.05, 0.1) is 11.4 Å². The minimum atomic E-state index is 0.333. The molecule has 104 valence electrons. The molecule has 0 saturated carbocycles. The first kappa shape index (κ1) is 13.4. The molecule has 0 spiro atoms. The van der Waals surface area contributed by atoms with Gasteiger partial charge < -0.3 is 0 Å². The van der Waals surface area contributed by atoms with Crippen LogP contribution in [0, 0.1) is 0 Å². The first-order valence-electron chi connectivity index (χ1n) is 6.96. The number of rotatable bonds is 3. The monoisotopic (exact) mass is 276 g/mol. The van der Waals surface area contributed by atoms with Crippen LogP contribution in [0.15, 0.2) is 54.9 Å². The third-order valence-electron chi connectivity index (χ3n) is 3.28. The lowest BCUT2D eigenvalue weighted by Gasteiger charge is -2.12. The lowest BCUT2D eigenvalue weighted by Crippen LogP contribution is -2.01. The third-order valence-corrected chi connectivity index (χ3v) is 3.28. The maximum absolute atomic E-state index is 4.39. The van der Waals surface area contributed by atoms with E-state index in [2.05, 4.69) is 40.1 Å². The number of aromatic nitrogens is 4. The predicted octanol–water partition coefficient (Wildman–Crippen LogP) is 3.72. The van der Waals surface area contributed by atoms with E-state index in [0.717, 1.165) is 28.3 Å². The van der Waals surface area contributed by atoms with Crippen molar-refractivity contribution in [2.45, 2.75) is 19.8 Å². The largest absolute Gasteiger partial charge is 0.255 e. The van der Waals surface area contributed by atoms with Crippen LogP contribution in [-0.2, 0) is 0 Å². The molecule has 3 aromatic heterocycles. The van der Waals surface area contributed by atoms with Gasteiger partial charge in [-0.05, 0) is 41.8 Å². The molecule has 0 amide bonds. The van der Waals surface area contributed by atoms with Gasteiger partial charge in [0, 0.05) is 12.4 Å². The minimum absolute atomic E-state index is 0.333. The molecule has 4 nitrogen and oxygen atoms in total. The standard InChI is InChI=1S/C17H16N4/c1-12(2)13-11-16(14-7-3-5-9-18-14)20-21-17(13)15-8-4-6-10-19-15/h3-12H,1-2H3. The molecule has 0 atom stereocenters. The van der Waals surface area contributed by atoms with Gasteiger partial charge in [0.2, 0.25) is 0 Å². The van der Waals surface area contributed by atoms with Crippen LogP contribution in [0.1, 0.15) is 25.3 Å². The molecule has 0 unspecified atom stereocenters. The molecule has 0 aromatic carbocycles. The molecule has 0 aliphatic rings. The molecule has 0 bridgehead atoms. The van der Waals surface area contributed by atoms with E-state index < -0.39 is 0 Å². The Morgan fingerprint density at radius 1 is 0.762 bits per heavy atom. The molecule has 4 heteroatoms. The van der Waals surface area contributed by atoms with E-state index in [9.17, 15) is 0 Å². The van der Waals surface area contributed by atoms with Crippen molar-refractivity contribution in [2.75, 3.05) is 0 Å². The Labute approximate surface area is 123 Å². The fourth-order valence-electron chi connectivity index (χ4n) is 2.19. The van der Waals surface area contributed by atoms with E-state index >= 15 is 0 Å². The van der Waals surface area contributed by atoms with E-state index in [4.69, 9.17) is 0 Å². The molecule has 0 fully saturated rings. The highest BCUT2D eigenvalue weighted by Crippen LogP contribution is 2.28. The minimum Gasteiger partial charge on any atom is -0.255 e. The Kier molecular flexibility index (Phi) is 3.69. The highest BCUT2D eigenvalue weighted by Gasteiger charge is 2.14. The molecular weight excluding hydrogens is 260 g/mol. The summed E-state index contributed by atoms with van der Waals surface area (Å²) in [5.74, 6) is 0.333. The third kappa shape index (κ3) is 2.79. The summed E-state index contributed by atoms with van der Waals surface area (Å²) in [6.45, 7) is 4.29. The Balaban J connectivity index is 2.12. The summed E-state index contributed by atoms with van der Waals surface area (Å²) in [7, 11) is 0. The quantitative estimate of drug-likeness (QED) is 0.731. The fourth-order valence-corrected chi connectivity index (χ4v) is 2.19. The van der Waals surface area contributed by atoms with E-state index in [1.165, 1.54) is 0 Å². The summed E-state index contributed by atoms with van der Waals surface area (Å²) in [4.78, 5) is 8.71. The molecule has 0 aliphatic carbocycles. The molecule has 3 aromatic rings. The van der Waals surface area contributed by atoms with Gasteiger partial charge in [-0.3, -0.25) is 9.97 Å². The lowest BCUT2D eigenvalue weighted by molar-refractivity contribution is 0.845. The van der Waals surface area contributed by atoms with Crippen LogP contribution in [0.2, 0.25) is 0 Å². The second-order valence-electron chi connectivity index (χ2n) is 5.12. The van der Waals surface area contributed by atoms with Crippen LogP contribution in [-0.4, -0.2) is 20.2 Å². The average Bonchev–Trinajstić information content (AvgIpc) is 2.56. The van der Waals surface area contributed by atoms with Gasteiger partial charge in [-0.25, -0.2) is 0 Å². The van der Waals surface area contributed by atoms with Gasteiger partial charge in [0.1, 0.15) is 11.4 Å². The van der Waals surface area contributed by atoms with E-state index in [-0.39, 0.29) is 0 Å². The number of hydrogen-bond donors (Lipinski definition) is 0. The number of nitrogens with zero attached hydrogens (tertiary/aromatic N) is 4. The van der Waals surface area contributed by atoms with Crippen molar-refractivity contribution in [3.63, 3.8) is 0 Å². The van der Waals surface area contributed by atoms with Crippen LogP contribution in [0.25, 0.3) is 22.8 Å². The lowest BCUT2D eigenvalue weighted by atomic mass is 9.99. The van der Waals surface area contributed by atoms with Crippen LogP contribution in [0.3, 0.4) is 0 Å². The molecule has 3 heterocycles. The van der Waals surface area contributed by atoms with Crippen molar-refractivity contribution in [2.24, 2.45) is 0 Å². The van der Waals surface area contributed by atoms with Gasteiger partial charge in [0.15, 0.2) is 0 Å². The van der Waals surface area contributed by atoms with Gasteiger partial charge in [0.25, 0.3) is 0 Å². The van der Waals surface area contributed by atoms with E-state index in [1.54, 1.807) is 12.4 Å². The molecule has 3 rings (SSSR count). The second kappa shape index (κ2) is 5.79. The number of hydrogen-bond acceptors (Lipinski definition) is 4. The topological polar surface area (TPSA) is 51.6 Å². The van der Waals surface area contributed by atoms with Crippen molar-refractivity contribution < 1.29 is 0 Å². The van der Waals surface area contributed by atoms with Crippen molar-refractivity contribution in [1.82, 2.24) is 20.2 Å². The Morgan fingerprint density at radius 2 is 1.43 bits per heavy atom. The Bertz CT molecular complexity index is 724. The SMILES string of the molecule is CC(C)c1cc(-c2ccccn2)nnc1-c1ccccn1. The van der Waals surface area contributed by atoms with Crippen LogP contribution in [0.4, 0.5) is 0 Å². The zero-order chi connectivity index (χ0) is 14.7. The molecule has 0 aliphatic heterocycles. The smallest absolute Gasteiger partial charge is 0.115 e. The predicted molar refractivity (Wildman–Crippen MR) is 82.6 cm³/mol. The summed E-state index contributed by atoms with van der Waals surface area (Å²) < 4.78 is 0. The molecular formula is C17H16N4. The zero-order valence-corrected chi connectivity index (χ0v) is 12.1. The second-order valence-corrected chi connectivity index (χ2v) is 5.12. The van der Waals surface area contributed by atoms with E-state index in [0.29, 0.717) is 5.92 Å². The average molecular weight is 276 g/mol. The molecule has 0 radical (unpaired) electrons. The Hall–Kier alpha value is -2.62. The van der Waals surface area contributed by atoms with Crippen molar-refractivity contribution in [3.8, 4) is 22.8 Å². The van der Waals surface area contributed by atoms with Gasteiger partial charge in [-0.2, -0.15) is 0 Å². The molecule has 0 N–H and O–H groups in total. The highest BCUT2D eigenvalue weighted by molar-refractivity contribution is 5.63. The van der Waals surface area contributed by atoms with Gasteiger partial charge >= 0.3 is 0 Å². The number of pyridine rings is 2. The van der Waals surface area contributed by atoms with Gasteiger partial charge in [-0.15, -0.1) is 10.2 Å². The summed E-state index contributed by atoms with van der Waals surface area (Å²) >= 11 is 0. The zero-order valence-electron chi connectivity index (χ0n) is 12.1. The normalized spacial score (nSPS) is 10.8. The summed E-state index contributed by atoms with van der Waals surface area (Å²) in [5, 5.41) is 8.71. The molecule has 21 heavy (non-hydrogen) atoms. The first-order valence-corrected chi connectivity index (χ1v) is 6.96. The Morgan fingerprint density at radius 3 is 2.00 bits per heavy atom. The van der Waals surface area contributed by atoms with Gasteiger partial charge in [-0.1, -0.05) is 26.0 Å². The highest BCUT2D eigenvalue weighted by atomic mass is 15.1. The summed E-state index contributed by atoms with van der Waals surface area (Å²) in [5.41, 5.74) is 4.44.